The first kappa shape index (κ1) is 9.96. The molecule has 2 unspecified atom stereocenters. The maximum Gasteiger partial charge on any atom is 0.170 e. The molecule has 2 atom stereocenters. The Kier molecular flexibility index (Phi) is 3.09. The fraction of sp³-hybridized carbons (Fsp3) is 1.00. The molecule has 3 nitrogen and oxygen atoms in total. The monoisotopic (exact) mass is 174 g/mol. The molecule has 0 aromatic carbocycles. The third kappa shape index (κ3) is 1.63. The van der Waals surface area contributed by atoms with Gasteiger partial charge in [0.25, 0.3) is 0 Å². The smallest absolute Gasteiger partial charge is 0.170 e. The van der Waals surface area contributed by atoms with Crippen molar-refractivity contribution in [3.63, 3.8) is 0 Å². The summed E-state index contributed by atoms with van der Waals surface area (Å²) in [6.07, 6.45) is 0.702. The van der Waals surface area contributed by atoms with Crippen molar-refractivity contribution in [2.45, 2.75) is 39.1 Å². The van der Waals surface area contributed by atoms with Gasteiger partial charge in [0.15, 0.2) is 5.79 Å². The lowest BCUT2D eigenvalue weighted by Crippen LogP contribution is -2.36. The zero-order valence-corrected chi connectivity index (χ0v) is 8.04. The highest BCUT2D eigenvalue weighted by Crippen LogP contribution is 2.33. The van der Waals surface area contributed by atoms with Gasteiger partial charge in [0.2, 0.25) is 0 Å². The van der Waals surface area contributed by atoms with Gasteiger partial charge in [0, 0.05) is 5.92 Å². The number of hydrogen-bond acceptors (Lipinski definition) is 3. The largest absolute Gasteiger partial charge is 0.394 e. The van der Waals surface area contributed by atoms with Crippen LogP contribution < -0.4 is 0 Å². The normalized spacial score (nSPS) is 36.2. The zero-order chi connectivity index (χ0) is 9.19. The average Bonchev–Trinajstić information content (AvgIpc) is 2.48. The summed E-state index contributed by atoms with van der Waals surface area (Å²) in [5.74, 6) is -0.119. The maximum absolute atomic E-state index is 8.87. The summed E-state index contributed by atoms with van der Waals surface area (Å²) in [5.41, 5.74) is 0. The molecule has 0 aliphatic carbocycles. The van der Waals surface area contributed by atoms with Gasteiger partial charge in [0.1, 0.15) is 6.10 Å². The van der Waals surface area contributed by atoms with Crippen LogP contribution >= 0.6 is 0 Å². The van der Waals surface area contributed by atoms with Gasteiger partial charge in [-0.25, -0.2) is 0 Å². The van der Waals surface area contributed by atoms with Gasteiger partial charge >= 0.3 is 0 Å². The zero-order valence-electron chi connectivity index (χ0n) is 8.04. The van der Waals surface area contributed by atoms with Crippen molar-refractivity contribution >= 4 is 0 Å². The molecule has 12 heavy (non-hydrogen) atoms. The highest BCUT2D eigenvalue weighted by Gasteiger charge is 2.42. The molecule has 1 heterocycles. The van der Waals surface area contributed by atoms with Crippen LogP contribution in [0.25, 0.3) is 0 Å². The van der Waals surface area contributed by atoms with Crippen LogP contribution in [0.5, 0.6) is 0 Å². The van der Waals surface area contributed by atoms with E-state index in [9.17, 15) is 0 Å². The van der Waals surface area contributed by atoms with E-state index in [1.54, 1.807) is 0 Å². The molecule has 0 radical (unpaired) electrons. The Morgan fingerprint density at radius 2 is 2.25 bits per heavy atom. The highest BCUT2D eigenvalue weighted by atomic mass is 16.7. The van der Waals surface area contributed by atoms with Crippen LogP contribution in [0.15, 0.2) is 0 Å². The molecule has 1 N–H and O–H groups in total. The number of rotatable bonds is 3. The van der Waals surface area contributed by atoms with E-state index in [2.05, 4.69) is 13.8 Å². The summed E-state index contributed by atoms with van der Waals surface area (Å²) in [7, 11) is 0. The van der Waals surface area contributed by atoms with Crippen LogP contribution in [0, 0.1) is 5.92 Å². The summed E-state index contributed by atoms with van der Waals surface area (Å²) in [4.78, 5) is 0. The Morgan fingerprint density at radius 3 is 2.50 bits per heavy atom. The molecule has 72 valence electrons. The lowest BCUT2D eigenvalue weighted by Gasteiger charge is -2.30. The fourth-order valence-corrected chi connectivity index (χ4v) is 1.57. The van der Waals surface area contributed by atoms with Crippen molar-refractivity contribution in [2.75, 3.05) is 13.2 Å². The van der Waals surface area contributed by atoms with E-state index in [1.807, 2.05) is 6.92 Å². The van der Waals surface area contributed by atoms with Crippen molar-refractivity contribution < 1.29 is 14.6 Å². The fourth-order valence-electron chi connectivity index (χ4n) is 1.57. The maximum atomic E-state index is 8.87. The number of hydrogen-bond donors (Lipinski definition) is 1. The van der Waals surface area contributed by atoms with Crippen LogP contribution in [0.4, 0.5) is 0 Å². The van der Waals surface area contributed by atoms with E-state index >= 15 is 0 Å². The van der Waals surface area contributed by atoms with E-state index in [1.165, 1.54) is 0 Å². The van der Waals surface area contributed by atoms with Crippen LogP contribution in [-0.2, 0) is 9.47 Å². The van der Waals surface area contributed by atoms with Gasteiger partial charge in [-0.2, -0.15) is 0 Å². The predicted molar refractivity (Wildman–Crippen MR) is 45.8 cm³/mol. The third-order valence-electron chi connectivity index (χ3n) is 2.46. The average molecular weight is 174 g/mol. The lowest BCUT2D eigenvalue weighted by molar-refractivity contribution is -0.201. The highest BCUT2D eigenvalue weighted by molar-refractivity contribution is 4.80. The van der Waals surface area contributed by atoms with E-state index in [-0.39, 0.29) is 12.7 Å². The number of ether oxygens (including phenoxy) is 2. The van der Waals surface area contributed by atoms with Gasteiger partial charge in [0.05, 0.1) is 13.2 Å². The van der Waals surface area contributed by atoms with Crippen LogP contribution in [-0.4, -0.2) is 30.2 Å². The van der Waals surface area contributed by atoms with Crippen molar-refractivity contribution in [2.24, 2.45) is 5.92 Å². The summed E-state index contributed by atoms with van der Waals surface area (Å²) in [6.45, 7) is 6.75. The molecule has 1 aliphatic rings. The summed E-state index contributed by atoms with van der Waals surface area (Å²) in [6, 6.07) is 0. The molecule has 0 saturated carbocycles. The molecule has 1 aliphatic heterocycles. The first-order chi connectivity index (χ1) is 5.64. The molecule has 0 spiro atoms. The van der Waals surface area contributed by atoms with Gasteiger partial charge < -0.3 is 14.6 Å². The van der Waals surface area contributed by atoms with E-state index in [0.717, 1.165) is 6.42 Å². The second kappa shape index (κ2) is 3.73. The SMILES string of the molecule is CCC1(C(C)C)OCC(CO)O1. The van der Waals surface area contributed by atoms with Crippen molar-refractivity contribution in [3.8, 4) is 0 Å². The number of aliphatic hydroxyl groups excluding tert-OH is 1. The van der Waals surface area contributed by atoms with Crippen molar-refractivity contribution in [1.29, 1.82) is 0 Å². The second-order valence-corrected chi connectivity index (χ2v) is 3.55. The van der Waals surface area contributed by atoms with E-state index in [0.29, 0.717) is 12.5 Å². The van der Waals surface area contributed by atoms with E-state index in [4.69, 9.17) is 14.6 Å². The molecule has 0 aromatic rings. The minimum atomic E-state index is -0.451. The molecule has 0 aromatic heterocycles. The van der Waals surface area contributed by atoms with E-state index < -0.39 is 5.79 Å². The number of aliphatic hydroxyl groups is 1. The molecular weight excluding hydrogens is 156 g/mol. The Labute approximate surface area is 73.7 Å². The van der Waals surface area contributed by atoms with Crippen molar-refractivity contribution in [1.82, 2.24) is 0 Å². The molecule has 1 fully saturated rings. The summed E-state index contributed by atoms with van der Waals surface area (Å²) < 4.78 is 11.2. The Hall–Kier alpha value is -0.120. The third-order valence-corrected chi connectivity index (χ3v) is 2.46. The minimum absolute atomic E-state index is 0.0501. The van der Waals surface area contributed by atoms with Crippen molar-refractivity contribution in [3.05, 3.63) is 0 Å². The van der Waals surface area contributed by atoms with Gasteiger partial charge in [-0.15, -0.1) is 0 Å². The Bertz CT molecular complexity index is 147. The topological polar surface area (TPSA) is 38.7 Å². The molecule has 0 amide bonds. The minimum Gasteiger partial charge on any atom is -0.394 e. The molecule has 1 saturated heterocycles. The van der Waals surface area contributed by atoms with Gasteiger partial charge in [-0.1, -0.05) is 20.8 Å². The van der Waals surface area contributed by atoms with Crippen LogP contribution in [0.2, 0.25) is 0 Å². The molecular formula is C9H18O3. The second-order valence-electron chi connectivity index (χ2n) is 3.55. The first-order valence-corrected chi connectivity index (χ1v) is 4.57. The molecule has 3 heteroatoms. The van der Waals surface area contributed by atoms with Crippen LogP contribution in [0.1, 0.15) is 27.2 Å². The molecule has 1 rings (SSSR count). The van der Waals surface area contributed by atoms with Crippen LogP contribution in [0.3, 0.4) is 0 Å². The standard InChI is InChI=1S/C9H18O3/c1-4-9(7(2)3)11-6-8(5-10)12-9/h7-8,10H,4-6H2,1-3H3. The van der Waals surface area contributed by atoms with Gasteiger partial charge in [-0.3, -0.25) is 0 Å². The predicted octanol–water partition coefficient (Wildman–Crippen LogP) is 1.16. The molecule has 0 bridgehead atoms. The van der Waals surface area contributed by atoms with Gasteiger partial charge in [-0.05, 0) is 6.42 Å². The summed E-state index contributed by atoms with van der Waals surface area (Å²) >= 11 is 0. The first-order valence-electron chi connectivity index (χ1n) is 4.57. The quantitative estimate of drug-likeness (QED) is 0.697. The Morgan fingerprint density at radius 1 is 1.58 bits per heavy atom. The summed E-state index contributed by atoms with van der Waals surface area (Å²) in [5, 5.41) is 8.87. The lowest BCUT2D eigenvalue weighted by atomic mass is 10.0. The Balaban J connectivity index is 2.59.